The summed E-state index contributed by atoms with van der Waals surface area (Å²) in [4.78, 5) is 0. The molecule has 0 aliphatic heterocycles. The zero-order chi connectivity index (χ0) is 13.2. The molecule has 1 aromatic rings. The average molecular weight is 254 g/mol. The summed E-state index contributed by atoms with van der Waals surface area (Å²) in [5.74, 6) is -0.0350. The van der Waals surface area contributed by atoms with Crippen LogP contribution in [0.2, 0.25) is 0 Å². The number of halogens is 1. The maximum atomic E-state index is 13.3. The summed E-state index contributed by atoms with van der Waals surface area (Å²) in [7, 11) is 1.47. The van der Waals surface area contributed by atoms with Crippen molar-refractivity contribution in [2.45, 2.75) is 43.8 Å². The lowest BCUT2D eigenvalue weighted by Gasteiger charge is -2.36. The highest BCUT2D eigenvalue weighted by atomic mass is 19.1. The fourth-order valence-corrected chi connectivity index (χ4v) is 2.65. The summed E-state index contributed by atoms with van der Waals surface area (Å²) in [5, 5.41) is 20.8. The van der Waals surface area contributed by atoms with Crippen molar-refractivity contribution < 1.29 is 19.3 Å². The number of aliphatic hydroxyl groups is 2. The summed E-state index contributed by atoms with van der Waals surface area (Å²) in [5.41, 5.74) is -0.846. The third-order valence-corrected chi connectivity index (χ3v) is 3.71. The molecular formula is C14H19FO3. The smallest absolute Gasteiger partial charge is 0.124 e. The van der Waals surface area contributed by atoms with Crippen molar-refractivity contribution >= 4 is 0 Å². The quantitative estimate of drug-likeness (QED) is 0.871. The molecule has 0 aromatic heterocycles. The van der Waals surface area contributed by atoms with E-state index in [-0.39, 0.29) is 0 Å². The van der Waals surface area contributed by atoms with E-state index in [1.807, 2.05) is 0 Å². The van der Waals surface area contributed by atoms with Gasteiger partial charge in [-0.2, -0.15) is 0 Å². The first-order chi connectivity index (χ1) is 8.57. The van der Waals surface area contributed by atoms with Crippen molar-refractivity contribution in [2.75, 3.05) is 7.11 Å². The molecule has 2 rings (SSSR count). The molecule has 1 aliphatic rings. The van der Waals surface area contributed by atoms with Gasteiger partial charge in [-0.05, 0) is 31.0 Å². The van der Waals surface area contributed by atoms with Crippen molar-refractivity contribution in [3.05, 3.63) is 29.6 Å². The molecule has 0 saturated heterocycles. The lowest BCUT2D eigenvalue weighted by Crippen LogP contribution is -2.38. The van der Waals surface area contributed by atoms with Crippen LogP contribution in [0.25, 0.3) is 0 Å². The SMILES string of the molecule is COc1ccc(F)cc1C(O)C1(O)CCCCC1. The molecule has 1 unspecified atom stereocenters. The minimum atomic E-state index is -1.17. The molecule has 0 radical (unpaired) electrons. The molecule has 1 atom stereocenters. The molecule has 0 spiro atoms. The fourth-order valence-electron chi connectivity index (χ4n) is 2.65. The van der Waals surface area contributed by atoms with Crippen LogP contribution in [-0.4, -0.2) is 22.9 Å². The zero-order valence-electron chi connectivity index (χ0n) is 10.5. The summed E-state index contributed by atoms with van der Waals surface area (Å²) in [6.45, 7) is 0. The van der Waals surface area contributed by atoms with Gasteiger partial charge in [-0.1, -0.05) is 19.3 Å². The van der Waals surface area contributed by atoms with E-state index in [1.54, 1.807) is 0 Å². The Hall–Kier alpha value is -1.13. The van der Waals surface area contributed by atoms with Crippen LogP contribution in [0.4, 0.5) is 4.39 Å². The molecule has 18 heavy (non-hydrogen) atoms. The number of ether oxygens (including phenoxy) is 1. The minimum Gasteiger partial charge on any atom is -0.496 e. The molecule has 1 saturated carbocycles. The molecule has 1 fully saturated rings. The Morgan fingerprint density at radius 1 is 1.28 bits per heavy atom. The van der Waals surface area contributed by atoms with Crippen molar-refractivity contribution in [1.29, 1.82) is 0 Å². The molecule has 0 amide bonds. The van der Waals surface area contributed by atoms with E-state index in [0.717, 1.165) is 19.3 Å². The highest BCUT2D eigenvalue weighted by Gasteiger charge is 2.39. The first kappa shape index (κ1) is 13.3. The monoisotopic (exact) mass is 254 g/mol. The fraction of sp³-hybridized carbons (Fsp3) is 0.571. The van der Waals surface area contributed by atoms with Gasteiger partial charge in [-0.25, -0.2) is 4.39 Å². The van der Waals surface area contributed by atoms with E-state index in [0.29, 0.717) is 24.2 Å². The van der Waals surface area contributed by atoms with Gasteiger partial charge < -0.3 is 14.9 Å². The predicted molar refractivity (Wildman–Crippen MR) is 65.9 cm³/mol. The molecule has 1 aromatic carbocycles. The van der Waals surface area contributed by atoms with Crippen molar-refractivity contribution in [1.82, 2.24) is 0 Å². The summed E-state index contributed by atoms with van der Waals surface area (Å²) < 4.78 is 18.4. The van der Waals surface area contributed by atoms with Crippen LogP contribution in [-0.2, 0) is 0 Å². The van der Waals surface area contributed by atoms with Crippen LogP contribution in [0.15, 0.2) is 18.2 Å². The van der Waals surface area contributed by atoms with Gasteiger partial charge in [-0.3, -0.25) is 0 Å². The molecule has 2 N–H and O–H groups in total. The lowest BCUT2D eigenvalue weighted by atomic mass is 9.78. The van der Waals surface area contributed by atoms with E-state index in [1.165, 1.54) is 25.3 Å². The molecule has 0 heterocycles. The number of benzene rings is 1. The predicted octanol–water partition coefficient (Wildman–Crippen LogP) is 2.56. The number of rotatable bonds is 3. The van der Waals surface area contributed by atoms with Crippen LogP contribution in [0.3, 0.4) is 0 Å². The Bertz CT molecular complexity index is 414. The van der Waals surface area contributed by atoms with E-state index in [4.69, 9.17) is 4.74 Å². The van der Waals surface area contributed by atoms with E-state index in [9.17, 15) is 14.6 Å². The highest BCUT2D eigenvalue weighted by Crippen LogP contribution is 2.41. The van der Waals surface area contributed by atoms with Gasteiger partial charge in [0.25, 0.3) is 0 Å². The maximum absolute atomic E-state index is 13.3. The number of methoxy groups -OCH3 is 1. The largest absolute Gasteiger partial charge is 0.496 e. The Morgan fingerprint density at radius 2 is 1.94 bits per heavy atom. The van der Waals surface area contributed by atoms with E-state index < -0.39 is 17.5 Å². The van der Waals surface area contributed by atoms with Crippen LogP contribution >= 0.6 is 0 Å². The summed E-state index contributed by atoms with van der Waals surface area (Å²) in [6.07, 6.45) is 2.79. The van der Waals surface area contributed by atoms with Gasteiger partial charge in [0.1, 0.15) is 17.7 Å². The summed E-state index contributed by atoms with van der Waals surface area (Å²) >= 11 is 0. The second-order valence-electron chi connectivity index (χ2n) is 4.95. The third-order valence-electron chi connectivity index (χ3n) is 3.71. The molecule has 1 aliphatic carbocycles. The average Bonchev–Trinajstić information content (AvgIpc) is 2.38. The highest BCUT2D eigenvalue weighted by molar-refractivity contribution is 5.37. The Labute approximate surface area is 106 Å². The lowest BCUT2D eigenvalue weighted by molar-refractivity contribution is -0.0998. The van der Waals surface area contributed by atoms with E-state index in [2.05, 4.69) is 0 Å². The van der Waals surface area contributed by atoms with Gasteiger partial charge in [0.15, 0.2) is 0 Å². The molecular weight excluding hydrogens is 235 g/mol. The van der Waals surface area contributed by atoms with Crippen LogP contribution in [0.5, 0.6) is 5.75 Å². The Morgan fingerprint density at radius 3 is 2.56 bits per heavy atom. The Kier molecular flexibility index (Phi) is 3.88. The van der Waals surface area contributed by atoms with Gasteiger partial charge in [0, 0.05) is 5.56 Å². The zero-order valence-corrected chi connectivity index (χ0v) is 10.5. The Balaban J connectivity index is 2.32. The third kappa shape index (κ3) is 2.49. The van der Waals surface area contributed by atoms with Crippen LogP contribution in [0.1, 0.15) is 43.8 Å². The standard InChI is InChI=1S/C14H19FO3/c1-18-12-6-5-10(15)9-11(12)13(16)14(17)7-3-2-4-8-14/h5-6,9,13,16-17H,2-4,7-8H2,1H3. The molecule has 0 bridgehead atoms. The van der Waals surface area contributed by atoms with Crippen molar-refractivity contribution in [2.24, 2.45) is 0 Å². The van der Waals surface area contributed by atoms with Gasteiger partial charge in [-0.15, -0.1) is 0 Å². The second kappa shape index (κ2) is 5.24. The first-order valence-corrected chi connectivity index (χ1v) is 6.31. The summed E-state index contributed by atoms with van der Waals surface area (Å²) in [6, 6.07) is 3.98. The second-order valence-corrected chi connectivity index (χ2v) is 4.95. The van der Waals surface area contributed by atoms with Crippen LogP contribution in [0, 0.1) is 5.82 Å². The molecule has 4 heteroatoms. The molecule has 3 nitrogen and oxygen atoms in total. The number of hydrogen-bond acceptors (Lipinski definition) is 3. The van der Waals surface area contributed by atoms with Crippen molar-refractivity contribution in [3.8, 4) is 5.75 Å². The maximum Gasteiger partial charge on any atom is 0.124 e. The van der Waals surface area contributed by atoms with Gasteiger partial charge >= 0.3 is 0 Å². The van der Waals surface area contributed by atoms with Crippen molar-refractivity contribution in [3.63, 3.8) is 0 Å². The van der Waals surface area contributed by atoms with Crippen LogP contribution < -0.4 is 4.74 Å². The number of hydrogen-bond donors (Lipinski definition) is 2. The number of aliphatic hydroxyl groups excluding tert-OH is 1. The van der Waals surface area contributed by atoms with Gasteiger partial charge in [0.05, 0.1) is 12.7 Å². The van der Waals surface area contributed by atoms with E-state index >= 15 is 0 Å². The minimum absolute atomic E-state index is 0.321. The topological polar surface area (TPSA) is 49.7 Å². The first-order valence-electron chi connectivity index (χ1n) is 6.31. The molecule has 100 valence electrons. The normalized spacial score (nSPS) is 20.4. The van der Waals surface area contributed by atoms with Gasteiger partial charge in [0.2, 0.25) is 0 Å².